The van der Waals surface area contributed by atoms with E-state index in [0.29, 0.717) is 12.3 Å². The van der Waals surface area contributed by atoms with Crippen LogP contribution in [0.15, 0.2) is 41.8 Å². The second-order valence-corrected chi connectivity index (χ2v) is 9.34. The molecule has 1 aromatic carbocycles. The lowest BCUT2D eigenvalue weighted by Gasteiger charge is -2.40. The summed E-state index contributed by atoms with van der Waals surface area (Å²) < 4.78 is 31.7. The monoisotopic (exact) mass is 468 g/mol. The van der Waals surface area contributed by atoms with E-state index >= 15 is 0 Å². The molecule has 0 saturated carbocycles. The molecule has 1 unspecified atom stereocenters. The Labute approximate surface area is 189 Å². The number of halogens is 3. The number of carbonyl (C=O) groups is 2. The average Bonchev–Trinajstić information content (AvgIpc) is 3.37. The van der Waals surface area contributed by atoms with Crippen LogP contribution >= 0.6 is 11.3 Å². The van der Waals surface area contributed by atoms with Gasteiger partial charge in [-0.25, -0.2) is 4.79 Å². The van der Waals surface area contributed by atoms with Crippen molar-refractivity contribution in [1.29, 1.82) is 0 Å². The molecule has 1 amide bonds. The normalized spacial score (nSPS) is 19.7. The summed E-state index contributed by atoms with van der Waals surface area (Å²) in [6, 6.07) is 13.2. The van der Waals surface area contributed by atoms with E-state index in [-0.39, 0.29) is 11.3 Å². The van der Waals surface area contributed by atoms with Crippen LogP contribution < -0.4 is 5.32 Å². The molecule has 1 saturated heterocycles. The molecular weight excluding hydrogens is 441 g/mol. The van der Waals surface area contributed by atoms with Crippen LogP contribution in [0.5, 0.6) is 0 Å². The lowest BCUT2D eigenvalue weighted by Crippen LogP contribution is -2.41. The topological polar surface area (TPSA) is 69.6 Å². The SMILES string of the molecule is CNC(=O)CC1CC2(CCN(Cc3cccs3)CC2)c2ccccc21.O=C(O)C(F)(F)F. The van der Waals surface area contributed by atoms with Gasteiger partial charge in [-0.3, -0.25) is 9.69 Å². The highest BCUT2D eigenvalue weighted by molar-refractivity contribution is 7.09. The van der Waals surface area contributed by atoms with Gasteiger partial charge in [0.15, 0.2) is 0 Å². The van der Waals surface area contributed by atoms with E-state index in [4.69, 9.17) is 9.90 Å². The first-order valence-electron chi connectivity index (χ1n) is 10.5. The van der Waals surface area contributed by atoms with E-state index in [1.807, 2.05) is 11.3 Å². The third-order valence-electron chi connectivity index (χ3n) is 6.33. The van der Waals surface area contributed by atoms with Crippen LogP contribution in [0.25, 0.3) is 0 Å². The smallest absolute Gasteiger partial charge is 0.475 e. The van der Waals surface area contributed by atoms with Gasteiger partial charge in [0.2, 0.25) is 5.91 Å². The van der Waals surface area contributed by atoms with Crippen molar-refractivity contribution in [2.24, 2.45) is 0 Å². The number of carbonyl (C=O) groups excluding carboxylic acids is 1. The Bertz CT molecular complexity index is 923. The maximum atomic E-state index is 12.0. The number of nitrogens with zero attached hydrogens (tertiary/aromatic N) is 1. The Morgan fingerprint density at radius 1 is 1.19 bits per heavy atom. The molecule has 1 aliphatic heterocycles. The number of hydrogen-bond donors (Lipinski definition) is 2. The molecule has 0 radical (unpaired) electrons. The zero-order valence-electron chi connectivity index (χ0n) is 17.8. The summed E-state index contributed by atoms with van der Waals surface area (Å²) in [6.45, 7) is 3.38. The van der Waals surface area contributed by atoms with Crippen molar-refractivity contribution >= 4 is 23.2 Å². The Balaban J connectivity index is 0.000000360. The van der Waals surface area contributed by atoms with Gasteiger partial charge in [0, 0.05) is 24.9 Å². The largest absolute Gasteiger partial charge is 0.490 e. The van der Waals surface area contributed by atoms with Crippen LogP contribution in [0.2, 0.25) is 0 Å². The van der Waals surface area contributed by atoms with Crippen LogP contribution in [-0.2, 0) is 21.5 Å². The third kappa shape index (κ3) is 5.69. The first-order valence-corrected chi connectivity index (χ1v) is 11.4. The number of fused-ring (bicyclic) bond motifs is 2. The number of benzene rings is 1. The molecule has 9 heteroatoms. The molecule has 1 spiro atoms. The van der Waals surface area contributed by atoms with Gasteiger partial charge in [-0.05, 0) is 66.3 Å². The predicted octanol–water partition coefficient (Wildman–Crippen LogP) is 4.54. The van der Waals surface area contributed by atoms with Gasteiger partial charge in [0.25, 0.3) is 0 Å². The van der Waals surface area contributed by atoms with Gasteiger partial charge in [0.1, 0.15) is 0 Å². The molecule has 1 aromatic heterocycles. The lowest BCUT2D eigenvalue weighted by atomic mass is 9.73. The molecule has 5 nitrogen and oxygen atoms in total. The Kier molecular flexibility index (Phi) is 7.61. The van der Waals surface area contributed by atoms with Crippen molar-refractivity contribution in [1.82, 2.24) is 10.2 Å². The van der Waals surface area contributed by atoms with E-state index in [2.05, 4.69) is 52.0 Å². The van der Waals surface area contributed by atoms with Crippen molar-refractivity contribution in [3.8, 4) is 0 Å². The number of likely N-dealkylation sites (tertiary alicyclic amines) is 1. The summed E-state index contributed by atoms with van der Waals surface area (Å²) in [5.74, 6) is -2.22. The van der Waals surface area contributed by atoms with Crippen molar-refractivity contribution in [2.45, 2.75) is 49.7 Å². The van der Waals surface area contributed by atoms with Crippen molar-refractivity contribution in [3.05, 3.63) is 57.8 Å². The number of rotatable bonds is 4. The fourth-order valence-corrected chi connectivity index (χ4v) is 5.52. The molecule has 1 aliphatic carbocycles. The maximum Gasteiger partial charge on any atom is 0.490 e. The minimum Gasteiger partial charge on any atom is -0.475 e. The molecule has 2 aromatic rings. The first kappa shape index (κ1) is 24.3. The number of hydrogen-bond acceptors (Lipinski definition) is 4. The molecule has 1 fully saturated rings. The summed E-state index contributed by atoms with van der Waals surface area (Å²) in [6.07, 6.45) is -0.917. The minimum absolute atomic E-state index is 0.159. The number of nitrogens with one attached hydrogen (secondary N) is 1. The lowest BCUT2D eigenvalue weighted by molar-refractivity contribution is -0.192. The highest BCUT2D eigenvalue weighted by Crippen LogP contribution is 2.52. The number of alkyl halides is 3. The van der Waals surface area contributed by atoms with E-state index < -0.39 is 12.1 Å². The molecule has 2 heterocycles. The number of carboxylic acids is 1. The van der Waals surface area contributed by atoms with Gasteiger partial charge in [-0.15, -0.1) is 11.3 Å². The molecular formula is C23H27F3N2O3S. The minimum atomic E-state index is -5.08. The zero-order valence-corrected chi connectivity index (χ0v) is 18.6. The number of piperidine rings is 1. The number of thiophene rings is 1. The van der Waals surface area contributed by atoms with Gasteiger partial charge in [0.05, 0.1) is 0 Å². The quantitative estimate of drug-likeness (QED) is 0.691. The van der Waals surface area contributed by atoms with Crippen molar-refractivity contribution < 1.29 is 27.9 Å². The molecule has 2 aliphatic rings. The van der Waals surface area contributed by atoms with E-state index in [1.165, 1.54) is 28.8 Å². The first-order chi connectivity index (χ1) is 15.1. The van der Waals surface area contributed by atoms with Crippen LogP contribution in [0, 0.1) is 0 Å². The molecule has 2 N–H and O–H groups in total. The summed E-state index contributed by atoms with van der Waals surface area (Å²) >= 11 is 1.85. The second-order valence-electron chi connectivity index (χ2n) is 8.30. The molecule has 1 atom stereocenters. The average molecular weight is 469 g/mol. The van der Waals surface area contributed by atoms with Crippen LogP contribution in [0.4, 0.5) is 13.2 Å². The van der Waals surface area contributed by atoms with Crippen LogP contribution in [0.3, 0.4) is 0 Å². The number of carboxylic acid groups (broad SMARTS) is 1. The maximum absolute atomic E-state index is 12.0. The fraction of sp³-hybridized carbons (Fsp3) is 0.478. The van der Waals surface area contributed by atoms with Crippen molar-refractivity contribution in [2.75, 3.05) is 20.1 Å². The van der Waals surface area contributed by atoms with E-state index in [0.717, 1.165) is 26.1 Å². The number of amides is 1. The summed E-state index contributed by atoms with van der Waals surface area (Å²) in [5.41, 5.74) is 3.21. The summed E-state index contributed by atoms with van der Waals surface area (Å²) in [7, 11) is 1.74. The van der Waals surface area contributed by atoms with Crippen LogP contribution in [-0.4, -0.2) is 48.2 Å². The third-order valence-corrected chi connectivity index (χ3v) is 7.20. The standard InChI is InChI=1S/C21H26N2OS.C2HF3O2/c1-22-20(24)13-16-14-21(19-7-3-2-6-18(16)19)8-10-23(11-9-21)15-17-5-4-12-25-17;3-2(4,5)1(6)7/h2-7,12,16H,8-11,13-15H2,1H3,(H,22,24);(H,6,7). The highest BCUT2D eigenvalue weighted by atomic mass is 32.1. The molecule has 0 bridgehead atoms. The zero-order chi connectivity index (χ0) is 23.4. The molecule has 4 rings (SSSR count). The van der Waals surface area contributed by atoms with Crippen molar-refractivity contribution in [3.63, 3.8) is 0 Å². The summed E-state index contributed by atoms with van der Waals surface area (Å²) in [4.78, 5) is 24.9. The van der Waals surface area contributed by atoms with Crippen LogP contribution in [0.1, 0.15) is 47.6 Å². The Morgan fingerprint density at radius 2 is 1.84 bits per heavy atom. The Morgan fingerprint density at radius 3 is 2.41 bits per heavy atom. The van der Waals surface area contributed by atoms with E-state index in [1.54, 1.807) is 7.05 Å². The van der Waals surface area contributed by atoms with Gasteiger partial charge in [-0.2, -0.15) is 13.2 Å². The van der Waals surface area contributed by atoms with Gasteiger partial charge in [-0.1, -0.05) is 30.3 Å². The summed E-state index contributed by atoms with van der Waals surface area (Å²) in [5, 5.41) is 12.1. The predicted molar refractivity (Wildman–Crippen MR) is 117 cm³/mol. The molecule has 174 valence electrons. The van der Waals surface area contributed by atoms with Gasteiger partial charge >= 0.3 is 12.1 Å². The fourth-order valence-electron chi connectivity index (χ4n) is 4.77. The molecule has 32 heavy (non-hydrogen) atoms. The second kappa shape index (κ2) is 10.0. The highest BCUT2D eigenvalue weighted by Gasteiger charge is 2.45. The van der Waals surface area contributed by atoms with Gasteiger partial charge < -0.3 is 10.4 Å². The Hall–Kier alpha value is -2.39. The van der Waals surface area contributed by atoms with E-state index in [9.17, 15) is 18.0 Å². The number of aliphatic carboxylic acids is 1.